The summed E-state index contributed by atoms with van der Waals surface area (Å²) in [6.07, 6.45) is 2.44. The molecule has 0 aliphatic heterocycles. The van der Waals surface area contributed by atoms with E-state index < -0.39 is 0 Å². The minimum Gasteiger partial charge on any atom is -0.292 e. The lowest BCUT2D eigenvalue weighted by Crippen LogP contribution is -2.08. The summed E-state index contributed by atoms with van der Waals surface area (Å²) in [6.45, 7) is 0. The zero-order valence-corrected chi connectivity index (χ0v) is 11.7. The number of ketones is 1. The van der Waals surface area contributed by atoms with Crippen molar-refractivity contribution in [1.29, 1.82) is 0 Å². The summed E-state index contributed by atoms with van der Waals surface area (Å²) in [7, 11) is 0. The molecule has 1 heterocycles. The predicted molar refractivity (Wildman–Crippen MR) is 74.8 cm³/mol. The number of nitrogens with zero attached hydrogens (tertiary/aromatic N) is 1. The van der Waals surface area contributed by atoms with Gasteiger partial charge in [-0.25, -0.2) is 4.98 Å². The molecule has 0 fully saturated rings. The lowest BCUT2D eigenvalue weighted by molar-refractivity contribution is 0.0968. The van der Waals surface area contributed by atoms with Gasteiger partial charge >= 0.3 is 0 Å². The van der Waals surface area contributed by atoms with Gasteiger partial charge in [0.2, 0.25) is 0 Å². The van der Waals surface area contributed by atoms with E-state index in [0.29, 0.717) is 22.2 Å². The fraction of sp³-hybridized carbons (Fsp3) is 0.231. The summed E-state index contributed by atoms with van der Waals surface area (Å²) in [5, 5.41) is 1.79. The van der Waals surface area contributed by atoms with E-state index in [1.54, 1.807) is 17.4 Å². The number of hydrogen-bond acceptors (Lipinski definition) is 3. The molecule has 0 spiro atoms. The first-order chi connectivity index (χ1) is 8.66. The minimum absolute atomic E-state index is 0.136. The van der Waals surface area contributed by atoms with Crippen LogP contribution in [0.3, 0.4) is 0 Å². The lowest BCUT2D eigenvalue weighted by atomic mass is 10.0. The van der Waals surface area contributed by atoms with Gasteiger partial charge in [0.05, 0.1) is 10.0 Å². The fourth-order valence-corrected chi connectivity index (χ4v) is 3.65. The van der Waals surface area contributed by atoms with Crippen LogP contribution in [0.4, 0.5) is 0 Å². The van der Waals surface area contributed by atoms with Crippen LogP contribution in [0.25, 0.3) is 10.6 Å². The largest absolute Gasteiger partial charge is 0.292 e. The van der Waals surface area contributed by atoms with Gasteiger partial charge in [-0.1, -0.05) is 35.3 Å². The average molecular weight is 298 g/mol. The molecule has 1 aliphatic carbocycles. The van der Waals surface area contributed by atoms with Crippen molar-refractivity contribution >= 4 is 40.3 Å². The van der Waals surface area contributed by atoms with Crippen LogP contribution in [0.15, 0.2) is 18.2 Å². The molecule has 2 nitrogen and oxygen atoms in total. The molecule has 0 N–H and O–H groups in total. The Bertz CT molecular complexity index is 636. The maximum atomic E-state index is 11.8. The Hall–Kier alpha value is -0.900. The molecule has 5 heteroatoms. The number of aryl methyl sites for hydroxylation is 1. The number of benzene rings is 1. The van der Waals surface area contributed by atoms with Crippen molar-refractivity contribution in [3.8, 4) is 10.6 Å². The van der Waals surface area contributed by atoms with Crippen LogP contribution in [0.2, 0.25) is 10.0 Å². The number of aromatic nitrogens is 1. The van der Waals surface area contributed by atoms with Gasteiger partial charge in [0, 0.05) is 16.9 Å². The number of Topliss-reactive ketones (excluding diaryl/α,β-unsaturated/α-hetero) is 1. The van der Waals surface area contributed by atoms with E-state index in [4.69, 9.17) is 23.2 Å². The molecule has 1 aliphatic rings. The number of rotatable bonds is 1. The summed E-state index contributed by atoms with van der Waals surface area (Å²) in [4.78, 5) is 17.3. The van der Waals surface area contributed by atoms with Crippen LogP contribution in [-0.2, 0) is 6.42 Å². The minimum atomic E-state index is 0.136. The second-order valence-electron chi connectivity index (χ2n) is 4.17. The first-order valence-corrected chi connectivity index (χ1v) is 7.21. The number of hydrogen-bond donors (Lipinski definition) is 0. The van der Waals surface area contributed by atoms with Crippen molar-refractivity contribution < 1.29 is 4.79 Å². The van der Waals surface area contributed by atoms with Crippen LogP contribution in [0, 0.1) is 0 Å². The average Bonchev–Trinajstić information content (AvgIpc) is 2.78. The van der Waals surface area contributed by atoms with Gasteiger partial charge in [-0.15, -0.1) is 11.3 Å². The summed E-state index contributed by atoms with van der Waals surface area (Å²) < 4.78 is 0. The highest BCUT2D eigenvalue weighted by atomic mass is 35.5. The van der Waals surface area contributed by atoms with Gasteiger partial charge in [0.25, 0.3) is 0 Å². The zero-order valence-electron chi connectivity index (χ0n) is 9.37. The molecule has 1 aromatic carbocycles. The van der Waals surface area contributed by atoms with Crippen LogP contribution >= 0.6 is 34.5 Å². The molecule has 0 amide bonds. The Balaban J connectivity index is 2.13. The second kappa shape index (κ2) is 4.65. The summed E-state index contributed by atoms with van der Waals surface area (Å²) in [5.41, 5.74) is 1.42. The Kier molecular flexibility index (Phi) is 3.14. The first-order valence-electron chi connectivity index (χ1n) is 5.64. The standard InChI is InChI=1S/C13H9Cl2NOS/c14-8-4-1-3-7(11(8)15)13-16-12-9(17)5-2-6-10(12)18-13/h1,3-4H,2,5-6H2. The highest BCUT2D eigenvalue weighted by molar-refractivity contribution is 7.15. The maximum Gasteiger partial charge on any atom is 0.182 e. The molecule has 18 heavy (non-hydrogen) atoms. The van der Waals surface area contributed by atoms with Crippen molar-refractivity contribution in [1.82, 2.24) is 4.98 Å². The predicted octanol–water partition coefficient (Wildman–Crippen LogP) is 4.64. The van der Waals surface area contributed by atoms with Crippen molar-refractivity contribution in [2.24, 2.45) is 0 Å². The zero-order chi connectivity index (χ0) is 12.7. The van der Waals surface area contributed by atoms with Crippen LogP contribution in [-0.4, -0.2) is 10.8 Å². The van der Waals surface area contributed by atoms with Crippen molar-refractivity contribution in [3.63, 3.8) is 0 Å². The van der Waals surface area contributed by atoms with E-state index in [-0.39, 0.29) is 5.78 Å². The van der Waals surface area contributed by atoms with E-state index in [2.05, 4.69) is 4.98 Å². The van der Waals surface area contributed by atoms with Crippen LogP contribution in [0.1, 0.15) is 28.2 Å². The van der Waals surface area contributed by atoms with Gasteiger partial charge < -0.3 is 0 Å². The van der Waals surface area contributed by atoms with Gasteiger partial charge in [0.15, 0.2) is 5.78 Å². The van der Waals surface area contributed by atoms with Crippen molar-refractivity contribution in [2.75, 3.05) is 0 Å². The van der Waals surface area contributed by atoms with Gasteiger partial charge in [-0.3, -0.25) is 4.79 Å². The summed E-state index contributed by atoms with van der Waals surface area (Å²) in [5.74, 6) is 0.136. The Morgan fingerprint density at radius 1 is 1.22 bits per heavy atom. The third kappa shape index (κ3) is 1.96. The molecule has 0 saturated heterocycles. The quantitative estimate of drug-likeness (QED) is 0.768. The SMILES string of the molecule is O=C1CCCc2sc(-c3cccc(Cl)c3Cl)nc21. The molecule has 92 valence electrons. The number of carbonyl (C=O) groups is 1. The van der Waals surface area contributed by atoms with E-state index in [1.807, 2.05) is 12.1 Å². The first kappa shape index (κ1) is 12.2. The number of fused-ring (bicyclic) bond motifs is 1. The molecule has 1 aromatic heterocycles. The third-order valence-corrected chi connectivity index (χ3v) is 4.92. The Morgan fingerprint density at radius 2 is 2.06 bits per heavy atom. The third-order valence-electron chi connectivity index (χ3n) is 2.95. The van der Waals surface area contributed by atoms with Gasteiger partial charge in [-0.05, 0) is 18.9 Å². The molecule has 0 unspecified atom stereocenters. The normalized spacial score (nSPS) is 14.7. The molecule has 3 rings (SSSR count). The Morgan fingerprint density at radius 3 is 2.83 bits per heavy atom. The van der Waals surface area contributed by atoms with Gasteiger partial charge in [0.1, 0.15) is 10.7 Å². The molecule has 0 atom stereocenters. The van der Waals surface area contributed by atoms with E-state index in [0.717, 1.165) is 28.3 Å². The Labute approximate surface area is 119 Å². The molecule has 0 radical (unpaired) electrons. The number of carbonyl (C=O) groups excluding carboxylic acids is 1. The number of thiazole rings is 1. The maximum absolute atomic E-state index is 11.8. The molecule has 0 bridgehead atoms. The van der Waals surface area contributed by atoms with Crippen molar-refractivity contribution in [3.05, 3.63) is 38.8 Å². The van der Waals surface area contributed by atoms with Crippen LogP contribution in [0.5, 0.6) is 0 Å². The van der Waals surface area contributed by atoms with E-state index in [1.165, 1.54) is 0 Å². The monoisotopic (exact) mass is 297 g/mol. The molecule has 0 saturated carbocycles. The van der Waals surface area contributed by atoms with Crippen LogP contribution < -0.4 is 0 Å². The van der Waals surface area contributed by atoms with Crippen molar-refractivity contribution in [2.45, 2.75) is 19.3 Å². The molecule has 2 aromatic rings. The smallest absolute Gasteiger partial charge is 0.182 e. The summed E-state index contributed by atoms with van der Waals surface area (Å²) >= 11 is 13.7. The topological polar surface area (TPSA) is 30.0 Å². The molecular formula is C13H9Cl2NOS. The second-order valence-corrected chi connectivity index (χ2v) is 6.04. The highest BCUT2D eigenvalue weighted by Crippen LogP contribution is 2.38. The van der Waals surface area contributed by atoms with E-state index in [9.17, 15) is 4.79 Å². The van der Waals surface area contributed by atoms with E-state index >= 15 is 0 Å². The summed E-state index contributed by atoms with van der Waals surface area (Å²) in [6, 6.07) is 5.46. The fourth-order valence-electron chi connectivity index (χ4n) is 2.05. The highest BCUT2D eigenvalue weighted by Gasteiger charge is 2.23. The molecular weight excluding hydrogens is 289 g/mol. The number of halogens is 2. The van der Waals surface area contributed by atoms with Gasteiger partial charge in [-0.2, -0.15) is 0 Å². The lowest BCUT2D eigenvalue weighted by Gasteiger charge is -2.06.